The molecule has 0 aromatic heterocycles. The van der Waals surface area contributed by atoms with Crippen LogP contribution in [0.2, 0.25) is 0 Å². The van der Waals surface area contributed by atoms with Crippen molar-refractivity contribution in [1.29, 1.82) is 0 Å². The Balaban J connectivity index is 2.16. The predicted octanol–water partition coefficient (Wildman–Crippen LogP) is 2.43. The molecule has 0 aliphatic carbocycles. The third-order valence-electron chi connectivity index (χ3n) is 2.67. The van der Waals surface area contributed by atoms with Gasteiger partial charge < -0.3 is 0 Å². The van der Waals surface area contributed by atoms with Gasteiger partial charge in [-0.15, -0.1) is 0 Å². The molecule has 17 heavy (non-hydrogen) atoms. The van der Waals surface area contributed by atoms with Gasteiger partial charge in [0.15, 0.2) is 0 Å². The highest BCUT2D eigenvalue weighted by molar-refractivity contribution is 8.77. The van der Waals surface area contributed by atoms with Crippen LogP contribution < -0.4 is 4.72 Å². The second kappa shape index (κ2) is 5.22. The molecular formula is C11H15NO2S3. The first-order chi connectivity index (χ1) is 7.99. The van der Waals surface area contributed by atoms with Crippen molar-refractivity contribution in [2.45, 2.75) is 30.0 Å². The van der Waals surface area contributed by atoms with Gasteiger partial charge in [0.1, 0.15) is 0 Å². The molecule has 1 saturated heterocycles. The molecule has 2 rings (SSSR count). The van der Waals surface area contributed by atoms with Crippen LogP contribution in [-0.2, 0) is 10.0 Å². The second-order valence-electron chi connectivity index (χ2n) is 4.13. The van der Waals surface area contributed by atoms with Crippen molar-refractivity contribution in [2.24, 2.45) is 0 Å². The van der Waals surface area contributed by atoms with Crippen LogP contribution in [0.25, 0.3) is 0 Å². The van der Waals surface area contributed by atoms with Crippen molar-refractivity contribution < 1.29 is 8.42 Å². The van der Waals surface area contributed by atoms with E-state index in [4.69, 9.17) is 0 Å². The summed E-state index contributed by atoms with van der Waals surface area (Å²) in [5.74, 6) is 0.830. The molecule has 1 aromatic rings. The standard InChI is InChI=1S/C11H15NO2S3/c1-8-3-5-10(6-4-8)17(13,14)12-11-7-15-16-9(11)2/h3-6,9,11-12H,7H2,1-2H3/t9-,11+/m1/s1. The molecule has 1 aromatic carbocycles. The zero-order valence-electron chi connectivity index (χ0n) is 9.71. The van der Waals surface area contributed by atoms with E-state index in [1.807, 2.05) is 26.0 Å². The molecule has 1 aliphatic heterocycles. The summed E-state index contributed by atoms with van der Waals surface area (Å²) >= 11 is 0. The average molecular weight is 289 g/mol. The molecule has 1 aliphatic rings. The monoisotopic (exact) mass is 289 g/mol. The molecule has 0 saturated carbocycles. The van der Waals surface area contributed by atoms with Gasteiger partial charge in [-0.2, -0.15) is 0 Å². The fourth-order valence-corrected chi connectivity index (χ4v) is 6.00. The predicted molar refractivity (Wildman–Crippen MR) is 74.8 cm³/mol. The summed E-state index contributed by atoms with van der Waals surface area (Å²) in [6, 6.07) is 6.96. The maximum Gasteiger partial charge on any atom is 0.240 e. The summed E-state index contributed by atoms with van der Waals surface area (Å²) in [6.45, 7) is 3.99. The van der Waals surface area contributed by atoms with Crippen LogP contribution in [0.3, 0.4) is 0 Å². The van der Waals surface area contributed by atoms with Crippen molar-refractivity contribution in [3.8, 4) is 0 Å². The number of benzene rings is 1. The summed E-state index contributed by atoms with van der Waals surface area (Å²) in [4.78, 5) is 0.345. The minimum atomic E-state index is -3.37. The number of nitrogens with one attached hydrogen (secondary N) is 1. The van der Waals surface area contributed by atoms with Crippen molar-refractivity contribution in [3.05, 3.63) is 29.8 Å². The van der Waals surface area contributed by atoms with E-state index in [0.717, 1.165) is 11.3 Å². The second-order valence-corrected chi connectivity index (χ2v) is 8.63. The van der Waals surface area contributed by atoms with Gasteiger partial charge in [0.05, 0.1) is 4.90 Å². The minimum Gasteiger partial charge on any atom is -0.207 e. The highest BCUT2D eigenvalue weighted by atomic mass is 33.1. The number of sulfonamides is 1. The molecule has 0 radical (unpaired) electrons. The van der Waals surface area contributed by atoms with Gasteiger partial charge in [0.2, 0.25) is 10.0 Å². The number of hydrogen-bond acceptors (Lipinski definition) is 4. The lowest BCUT2D eigenvalue weighted by Gasteiger charge is -2.15. The minimum absolute atomic E-state index is 0.0244. The van der Waals surface area contributed by atoms with E-state index in [1.165, 1.54) is 0 Å². The van der Waals surface area contributed by atoms with Crippen molar-refractivity contribution >= 4 is 31.6 Å². The van der Waals surface area contributed by atoms with Crippen molar-refractivity contribution in [3.63, 3.8) is 0 Å². The molecule has 0 amide bonds. The van der Waals surface area contributed by atoms with Crippen molar-refractivity contribution in [1.82, 2.24) is 4.72 Å². The van der Waals surface area contributed by atoms with E-state index in [1.54, 1.807) is 33.7 Å². The highest BCUT2D eigenvalue weighted by Gasteiger charge is 2.29. The first kappa shape index (κ1) is 13.3. The van der Waals surface area contributed by atoms with Gasteiger partial charge in [-0.1, -0.05) is 46.2 Å². The van der Waals surface area contributed by atoms with Crippen LogP contribution in [-0.4, -0.2) is 25.5 Å². The fraction of sp³-hybridized carbons (Fsp3) is 0.455. The number of hydrogen-bond donors (Lipinski definition) is 1. The fourth-order valence-electron chi connectivity index (χ4n) is 1.54. The largest absolute Gasteiger partial charge is 0.240 e. The Morgan fingerprint density at radius 2 is 1.94 bits per heavy atom. The number of rotatable bonds is 3. The molecule has 0 spiro atoms. The molecule has 0 unspecified atom stereocenters. The van der Waals surface area contributed by atoms with Crippen molar-refractivity contribution in [2.75, 3.05) is 5.75 Å². The van der Waals surface area contributed by atoms with Crippen LogP contribution in [0.1, 0.15) is 12.5 Å². The molecule has 94 valence electrons. The Bertz CT molecular complexity index is 484. The smallest absolute Gasteiger partial charge is 0.207 e. The first-order valence-corrected chi connectivity index (χ1v) is 9.23. The molecule has 1 N–H and O–H groups in total. The quantitative estimate of drug-likeness (QED) is 0.868. The van der Waals surface area contributed by atoms with Gasteiger partial charge >= 0.3 is 0 Å². The van der Waals surface area contributed by atoms with Gasteiger partial charge in [-0.3, -0.25) is 0 Å². The Kier molecular flexibility index (Phi) is 4.07. The van der Waals surface area contributed by atoms with Crippen LogP contribution in [0.15, 0.2) is 29.2 Å². The molecule has 1 heterocycles. The molecule has 6 heteroatoms. The van der Waals surface area contributed by atoms with E-state index in [0.29, 0.717) is 10.1 Å². The Hall–Kier alpha value is -0.170. The van der Waals surface area contributed by atoms with E-state index in [9.17, 15) is 8.42 Å². The molecule has 3 nitrogen and oxygen atoms in total. The molecular weight excluding hydrogens is 274 g/mol. The van der Waals surface area contributed by atoms with Gasteiger partial charge in [-0.25, -0.2) is 13.1 Å². The number of aryl methyl sites for hydroxylation is 1. The lowest BCUT2D eigenvalue weighted by molar-refractivity contribution is 0.562. The summed E-state index contributed by atoms with van der Waals surface area (Å²) in [7, 11) is 0.0817. The topological polar surface area (TPSA) is 46.2 Å². The molecule has 0 bridgehead atoms. The van der Waals surface area contributed by atoms with E-state index < -0.39 is 10.0 Å². The zero-order chi connectivity index (χ0) is 12.5. The van der Waals surface area contributed by atoms with E-state index in [2.05, 4.69) is 4.72 Å². The SMILES string of the molecule is Cc1ccc(S(=O)(=O)N[C@H]2CSS[C@@H]2C)cc1. The van der Waals surface area contributed by atoms with E-state index >= 15 is 0 Å². The summed E-state index contributed by atoms with van der Waals surface area (Å²) in [6.07, 6.45) is 0. The maximum absolute atomic E-state index is 12.1. The average Bonchev–Trinajstić information content (AvgIpc) is 2.64. The maximum atomic E-state index is 12.1. The Labute approximate surface area is 110 Å². The normalized spacial score (nSPS) is 25.1. The molecule has 1 fully saturated rings. The Morgan fingerprint density at radius 3 is 2.47 bits per heavy atom. The van der Waals surface area contributed by atoms with Gasteiger partial charge in [0.25, 0.3) is 0 Å². The lowest BCUT2D eigenvalue weighted by atomic mass is 10.2. The van der Waals surface area contributed by atoms with Crippen LogP contribution in [0, 0.1) is 6.92 Å². The first-order valence-electron chi connectivity index (χ1n) is 5.36. The summed E-state index contributed by atoms with van der Waals surface area (Å²) in [5, 5.41) is 0.320. The highest BCUT2D eigenvalue weighted by Crippen LogP contribution is 2.37. The Morgan fingerprint density at radius 1 is 1.29 bits per heavy atom. The summed E-state index contributed by atoms with van der Waals surface area (Å²) in [5.41, 5.74) is 1.06. The third kappa shape index (κ3) is 3.19. The van der Waals surface area contributed by atoms with Gasteiger partial charge in [0, 0.05) is 17.0 Å². The lowest BCUT2D eigenvalue weighted by Crippen LogP contribution is -2.39. The zero-order valence-corrected chi connectivity index (χ0v) is 12.2. The van der Waals surface area contributed by atoms with E-state index in [-0.39, 0.29) is 6.04 Å². The van der Waals surface area contributed by atoms with Gasteiger partial charge in [-0.05, 0) is 19.1 Å². The van der Waals surface area contributed by atoms with Crippen LogP contribution in [0.4, 0.5) is 0 Å². The van der Waals surface area contributed by atoms with Crippen LogP contribution in [0.5, 0.6) is 0 Å². The molecule has 2 atom stereocenters. The third-order valence-corrected chi connectivity index (χ3v) is 7.17. The summed E-state index contributed by atoms with van der Waals surface area (Å²) < 4.78 is 27.0. The van der Waals surface area contributed by atoms with Crippen LogP contribution >= 0.6 is 21.6 Å².